The van der Waals surface area contributed by atoms with Gasteiger partial charge in [-0.15, -0.1) is 0 Å². The molecule has 3 rings (SSSR count). The number of sulfonamides is 1. The molecule has 11 heteroatoms. The molecule has 1 heterocycles. The Morgan fingerprint density at radius 3 is 2.69 bits per heavy atom. The molecule has 2 aromatic carbocycles. The van der Waals surface area contributed by atoms with Gasteiger partial charge in [-0.1, -0.05) is 23.5 Å². The van der Waals surface area contributed by atoms with Crippen LogP contribution in [0.4, 0.5) is 20.0 Å². The SMILES string of the molecule is CNS(=O)(=O)c1cccc(N(C)C(=O)Nc2ncc(Oc3cccc(F)c3)s2)c1. The van der Waals surface area contributed by atoms with Gasteiger partial charge in [0.2, 0.25) is 15.1 Å². The standard InChI is InChI=1S/C18H17FN4O4S2/c1-20-29(25,26)15-8-4-6-13(10-15)23(2)18(24)22-17-21-11-16(28-17)27-14-7-3-5-12(19)9-14/h3-11,20H,1-2H3,(H,21,22,24). The van der Waals surface area contributed by atoms with Crippen molar-refractivity contribution in [3.05, 3.63) is 60.5 Å². The number of halogens is 1. The molecule has 0 unspecified atom stereocenters. The lowest BCUT2D eigenvalue weighted by Crippen LogP contribution is -2.31. The van der Waals surface area contributed by atoms with Gasteiger partial charge in [0.05, 0.1) is 11.1 Å². The normalized spacial score (nSPS) is 11.1. The summed E-state index contributed by atoms with van der Waals surface area (Å²) in [5.74, 6) is -0.115. The van der Waals surface area contributed by atoms with Crippen LogP contribution in [0.3, 0.4) is 0 Å². The average molecular weight is 436 g/mol. The van der Waals surface area contributed by atoms with Gasteiger partial charge in [0.1, 0.15) is 11.6 Å². The van der Waals surface area contributed by atoms with Crippen LogP contribution in [0.1, 0.15) is 0 Å². The number of rotatable bonds is 6. The lowest BCUT2D eigenvalue weighted by atomic mass is 10.3. The molecule has 29 heavy (non-hydrogen) atoms. The number of benzene rings is 2. The molecule has 2 N–H and O–H groups in total. The fourth-order valence-corrected chi connectivity index (χ4v) is 3.73. The summed E-state index contributed by atoms with van der Waals surface area (Å²) in [5, 5.41) is 3.25. The molecule has 0 bridgehead atoms. The van der Waals surface area contributed by atoms with Gasteiger partial charge in [-0.25, -0.2) is 27.3 Å². The fraction of sp³-hybridized carbons (Fsp3) is 0.111. The van der Waals surface area contributed by atoms with E-state index in [2.05, 4.69) is 15.0 Å². The first-order valence-corrected chi connectivity index (χ1v) is 10.6. The van der Waals surface area contributed by atoms with E-state index in [1.54, 1.807) is 12.1 Å². The van der Waals surface area contributed by atoms with Crippen molar-refractivity contribution in [3.8, 4) is 10.8 Å². The zero-order valence-corrected chi connectivity index (χ0v) is 17.1. The minimum Gasteiger partial charge on any atom is -0.445 e. The smallest absolute Gasteiger partial charge is 0.327 e. The Balaban J connectivity index is 1.69. The maximum atomic E-state index is 13.2. The summed E-state index contributed by atoms with van der Waals surface area (Å²) in [5.41, 5.74) is 0.381. The van der Waals surface area contributed by atoms with Gasteiger partial charge < -0.3 is 4.74 Å². The lowest BCUT2D eigenvalue weighted by Gasteiger charge is -2.18. The van der Waals surface area contributed by atoms with Crippen LogP contribution in [0.2, 0.25) is 0 Å². The molecule has 2 amide bonds. The summed E-state index contributed by atoms with van der Waals surface area (Å²) in [6.07, 6.45) is 1.41. The van der Waals surface area contributed by atoms with Crippen molar-refractivity contribution in [3.63, 3.8) is 0 Å². The Bertz CT molecular complexity index is 1130. The van der Waals surface area contributed by atoms with Gasteiger partial charge >= 0.3 is 6.03 Å². The molecule has 0 aliphatic carbocycles. The average Bonchev–Trinajstić information content (AvgIpc) is 3.14. The van der Waals surface area contributed by atoms with Crippen LogP contribution in [-0.4, -0.2) is 33.5 Å². The van der Waals surface area contributed by atoms with Crippen LogP contribution < -0.4 is 19.7 Å². The molecular formula is C18H17FN4O4S2. The minimum absolute atomic E-state index is 0.0391. The largest absolute Gasteiger partial charge is 0.445 e. The zero-order valence-electron chi connectivity index (χ0n) is 15.4. The second-order valence-electron chi connectivity index (χ2n) is 5.74. The maximum absolute atomic E-state index is 13.2. The van der Waals surface area contributed by atoms with E-state index in [1.165, 1.54) is 61.6 Å². The second-order valence-corrected chi connectivity index (χ2v) is 8.62. The number of anilines is 2. The highest BCUT2D eigenvalue weighted by atomic mass is 32.2. The Hall–Kier alpha value is -3.02. The van der Waals surface area contributed by atoms with Gasteiger partial charge in [-0.3, -0.25) is 10.2 Å². The van der Waals surface area contributed by atoms with Crippen LogP contribution >= 0.6 is 11.3 Å². The van der Waals surface area contributed by atoms with Crippen molar-refractivity contribution in [2.24, 2.45) is 0 Å². The number of hydrogen-bond donors (Lipinski definition) is 2. The predicted octanol–water partition coefficient (Wildman–Crippen LogP) is 3.65. The van der Waals surface area contributed by atoms with Gasteiger partial charge in [0.15, 0.2) is 5.13 Å². The number of thiazole rings is 1. The quantitative estimate of drug-likeness (QED) is 0.614. The molecule has 1 aromatic heterocycles. The molecule has 0 fully saturated rings. The number of nitrogens with one attached hydrogen (secondary N) is 2. The van der Waals surface area contributed by atoms with E-state index in [0.29, 0.717) is 16.5 Å². The third-order valence-corrected chi connectivity index (χ3v) is 6.00. The molecular weight excluding hydrogens is 419 g/mol. The molecule has 8 nitrogen and oxygen atoms in total. The number of urea groups is 1. The highest BCUT2D eigenvalue weighted by Crippen LogP contribution is 2.31. The zero-order chi connectivity index (χ0) is 21.0. The summed E-state index contributed by atoms with van der Waals surface area (Å²) in [4.78, 5) is 17.8. The monoisotopic (exact) mass is 436 g/mol. The molecule has 0 spiro atoms. The Morgan fingerprint density at radius 1 is 1.21 bits per heavy atom. The minimum atomic E-state index is -3.63. The number of hydrogen-bond acceptors (Lipinski definition) is 6. The van der Waals surface area contributed by atoms with E-state index in [-0.39, 0.29) is 10.0 Å². The van der Waals surface area contributed by atoms with Gasteiger partial charge in [0.25, 0.3) is 0 Å². The second kappa shape index (κ2) is 8.55. The summed E-state index contributed by atoms with van der Waals surface area (Å²) in [6, 6.07) is 11.1. The van der Waals surface area contributed by atoms with E-state index in [4.69, 9.17) is 4.74 Å². The van der Waals surface area contributed by atoms with E-state index in [0.717, 1.165) is 11.3 Å². The van der Waals surface area contributed by atoms with Crippen molar-refractivity contribution in [1.82, 2.24) is 9.71 Å². The van der Waals surface area contributed by atoms with Crippen LogP contribution in [0.25, 0.3) is 0 Å². The molecule has 3 aromatic rings. The van der Waals surface area contributed by atoms with Gasteiger partial charge in [-0.05, 0) is 37.4 Å². The number of ether oxygens (including phenoxy) is 1. The van der Waals surface area contributed by atoms with Gasteiger partial charge in [0, 0.05) is 18.8 Å². The summed E-state index contributed by atoms with van der Waals surface area (Å²) in [7, 11) is -0.822. The summed E-state index contributed by atoms with van der Waals surface area (Å²) >= 11 is 1.07. The van der Waals surface area contributed by atoms with E-state index in [1.807, 2.05) is 0 Å². The molecule has 0 radical (unpaired) electrons. The number of carbonyl (C=O) groups excluding carboxylic acids is 1. The fourth-order valence-electron chi connectivity index (χ4n) is 2.28. The first-order chi connectivity index (χ1) is 13.8. The lowest BCUT2D eigenvalue weighted by molar-refractivity contribution is 0.258. The van der Waals surface area contributed by atoms with Crippen molar-refractivity contribution in [2.45, 2.75) is 4.90 Å². The van der Waals surface area contributed by atoms with Crippen molar-refractivity contribution >= 4 is 38.2 Å². The van der Waals surface area contributed by atoms with Crippen LogP contribution in [-0.2, 0) is 10.0 Å². The van der Waals surface area contributed by atoms with E-state index >= 15 is 0 Å². The number of nitrogens with zero attached hydrogens (tertiary/aromatic N) is 2. The Labute approximate surface area is 171 Å². The van der Waals surface area contributed by atoms with E-state index in [9.17, 15) is 17.6 Å². The van der Waals surface area contributed by atoms with Crippen LogP contribution in [0.5, 0.6) is 10.8 Å². The number of amides is 2. The maximum Gasteiger partial charge on any atom is 0.327 e. The predicted molar refractivity (Wildman–Crippen MR) is 109 cm³/mol. The summed E-state index contributed by atoms with van der Waals surface area (Å²) in [6.45, 7) is 0. The molecule has 0 aliphatic rings. The molecule has 0 saturated heterocycles. The van der Waals surface area contributed by atoms with Crippen molar-refractivity contribution in [1.29, 1.82) is 0 Å². The third-order valence-electron chi connectivity index (χ3n) is 3.80. The van der Waals surface area contributed by atoms with Crippen molar-refractivity contribution in [2.75, 3.05) is 24.3 Å². The summed E-state index contributed by atoms with van der Waals surface area (Å²) < 4.78 is 44.8. The highest BCUT2D eigenvalue weighted by molar-refractivity contribution is 7.89. The highest BCUT2D eigenvalue weighted by Gasteiger charge is 2.17. The molecule has 0 saturated carbocycles. The van der Waals surface area contributed by atoms with Gasteiger partial charge in [-0.2, -0.15) is 0 Å². The topological polar surface area (TPSA) is 101 Å². The van der Waals surface area contributed by atoms with Crippen LogP contribution in [0, 0.1) is 5.82 Å². The Morgan fingerprint density at radius 2 is 1.97 bits per heavy atom. The molecule has 0 aliphatic heterocycles. The third kappa shape index (κ3) is 5.08. The first-order valence-electron chi connectivity index (χ1n) is 8.26. The first kappa shape index (κ1) is 20.7. The molecule has 152 valence electrons. The molecule has 0 atom stereocenters. The Kier molecular flexibility index (Phi) is 6.11. The van der Waals surface area contributed by atoms with Crippen molar-refractivity contribution < 1.29 is 22.3 Å². The van der Waals surface area contributed by atoms with Crippen LogP contribution in [0.15, 0.2) is 59.6 Å². The number of carbonyl (C=O) groups is 1. The van der Waals surface area contributed by atoms with E-state index < -0.39 is 21.9 Å². The number of aromatic nitrogens is 1.